The van der Waals surface area contributed by atoms with Crippen molar-refractivity contribution in [3.05, 3.63) is 23.5 Å². The molecule has 3 N–H and O–H groups in total. The number of rotatable bonds is 5. The summed E-state index contributed by atoms with van der Waals surface area (Å²) in [6, 6.07) is 1.50. The summed E-state index contributed by atoms with van der Waals surface area (Å²) in [7, 11) is 1.81. The molecule has 2 amide bonds. The third-order valence-corrected chi connectivity index (χ3v) is 4.18. The Labute approximate surface area is 124 Å². The predicted molar refractivity (Wildman–Crippen MR) is 77.8 cm³/mol. The van der Waals surface area contributed by atoms with E-state index < -0.39 is 5.91 Å². The van der Waals surface area contributed by atoms with Gasteiger partial charge in [-0.15, -0.1) is 0 Å². The van der Waals surface area contributed by atoms with Gasteiger partial charge in [0.05, 0.1) is 11.6 Å². The third-order valence-electron chi connectivity index (χ3n) is 4.18. The molecule has 2 rings (SSSR count). The molecule has 1 aromatic rings. The van der Waals surface area contributed by atoms with Gasteiger partial charge in [-0.25, -0.2) is 5.48 Å². The van der Waals surface area contributed by atoms with Crippen molar-refractivity contribution in [3.63, 3.8) is 0 Å². The number of carbonyl (C=O) groups excluding carboxylic acids is 2. The van der Waals surface area contributed by atoms with Crippen LogP contribution in [0.25, 0.3) is 0 Å². The molecule has 116 valence electrons. The maximum atomic E-state index is 12.1. The van der Waals surface area contributed by atoms with E-state index in [2.05, 4.69) is 5.32 Å². The largest absolute Gasteiger partial charge is 0.352 e. The maximum absolute atomic E-state index is 12.1. The summed E-state index contributed by atoms with van der Waals surface area (Å²) in [5.41, 5.74) is 2.80. The van der Waals surface area contributed by atoms with E-state index in [4.69, 9.17) is 5.21 Å². The SMILES string of the molecule is C[C@H](NC(=O)CC1CCCC1)c1cc(C(=O)NO)cn1C. The van der Waals surface area contributed by atoms with E-state index in [-0.39, 0.29) is 11.9 Å². The Balaban J connectivity index is 1.95. The highest BCUT2D eigenvalue weighted by Crippen LogP contribution is 2.27. The second-order valence-corrected chi connectivity index (χ2v) is 5.85. The van der Waals surface area contributed by atoms with Gasteiger partial charge in [-0.1, -0.05) is 12.8 Å². The van der Waals surface area contributed by atoms with Crippen molar-refractivity contribution in [3.8, 4) is 0 Å². The standard InChI is InChI=1S/C15H23N3O3/c1-10(16-14(19)7-11-5-3-4-6-11)13-8-12(9-18(13)2)15(20)17-21/h8-11,21H,3-7H2,1-2H3,(H,16,19)(H,17,20)/t10-/m0/s1. The molecule has 0 unspecified atom stereocenters. The van der Waals surface area contributed by atoms with E-state index in [9.17, 15) is 9.59 Å². The fourth-order valence-electron chi connectivity index (χ4n) is 3.05. The van der Waals surface area contributed by atoms with Crippen LogP contribution in [0.5, 0.6) is 0 Å². The molecule has 1 aliphatic rings. The van der Waals surface area contributed by atoms with Gasteiger partial charge in [0.1, 0.15) is 0 Å². The minimum atomic E-state index is -0.554. The number of nitrogens with zero attached hydrogens (tertiary/aromatic N) is 1. The zero-order chi connectivity index (χ0) is 15.4. The van der Waals surface area contributed by atoms with E-state index in [1.807, 2.05) is 14.0 Å². The number of carbonyl (C=O) groups is 2. The molecule has 0 spiro atoms. The van der Waals surface area contributed by atoms with Gasteiger partial charge < -0.3 is 9.88 Å². The summed E-state index contributed by atoms with van der Waals surface area (Å²) in [5, 5.41) is 11.6. The Morgan fingerprint density at radius 3 is 2.71 bits per heavy atom. The zero-order valence-electron chi connectivity index (χ0n) is 12.6. The fourth-order valence-corrected chi connectivity index (χ4v) is 3.05. The molecule has 0 radical (unpaired) electrons. The molecule has 1 aromatic heterocycles. The highest BCUT2D eigenvalue weighted by Gasteiger charge is 2.21. The molecule has 1 aliphatic carbocycles. The molecule has 1 saturated carbocycles. The van der Waals surface area contributed by atoms with Crippen LogP contribution in [0.15, 0.2) is 12.3 Å². The summed E-state index contributed by atoms with van der Waals surface area (Å²) in [5.74, 6) is 0.0198. The molecule has 6 heteroatoms. The van der Waals surface area contributed by atoms with Crippen molar-refractivity contribution in [2.75, 3.05) is 0 Å². The quantitative estimate of drug-likeness (QED) is 0.573. The van der Waals surface area contributed by atoms with Crippen LogP contribution in [0, 0.1) is 5.92 Å². The Morgan fingerprint density at radius 1 is 1.43 bits per heavy atom. The molecule has 21 heavy (non-hydrogen) atoms. The first-order valence-electron chi connectivity index (χ1n) is 7.41. The topological polar surface area (TPSA) is 83.4 Å². The van der Waals surface area contributed by atoms with Crippen molar-refractivity contribution in [2.24, 2.45) is 13.0 Å². The van der Waals surface area contributed by atoms with Gasteiger partial charge >= 0.3 is 0 Å². The first-order chi connectivity index (χ1) is 10.0. The summed E-state index contributed by atoms with van der Waals surface area (Å²) in [4.78, 5) is 23.4. The molecule has 6 nitrogen and oxygen atoms in total. The Morgan fingerprint density at radius 2 is 2.10 bits per heavy atom. The van der Waals surface area contributed by atoms with E-state index in [1.165, 1.54) is 12.8 Å². The second-order valence-electron chi connectivity index (χ2n) is 5.85. The lowest BCUT2D eigenvalue weighted by molar-refractivity contribution is -0.122. The summed E-state index contributed by atoms with van der Waals surface area (Å²) < 4.78 is 1.78. The Hall–Kier alpha value is -1.82. The van der Waals surface area contributed by atoms with Crippen LogP contribution in [0.4, 0.5) is 0 Å². The molecule has 1 atom stereocenters. The number of aromatic nitrogens is 1. The normalized spacial score (nSPS) is 16.7. The predicted octanol–water partition coefficient (Wildman–Crippen LogP) is 1.90. The Bertz CT molecular complexity index is 518. The van der Waals surface area contributed by atoms with Crippen LogP contribution < -0.4 is 10.8 Å². The van der Waals surface area contributed by atoms with Crippen molar-refractivity contribution < 1.29 is 14.8 Å². The number of hydroxylamine groups is 1. The van der Waals surface area contributed by atoms with Crippen molar-refractivity contribution in [1.29, 1.82) is 0 Å². The highest BCUT2D eigenvalue weighted by molar-refractivity contribution is 5.93. The van der Waals surface area contributed by atoms with Crippen molar-refractivity contribution >= 4 is 11.8 Å². The smallest absolute Gasteiger partial charge is 0.276 e. The van der Waals surface area contributed by atoms with Gasteiger partial charge in [-0.2, -0.15) is 0 Å². The molecule has 0 bridgehead atoms. The van der Waals surface area contributed by atoms with Gasteiger partial charge in [-0.05, 0) is 31.7 Å². The van der Waals surface area contributed by atoms with Crippen LogP contribution in [0.2, 0.25) is 0 Å². The molecule has 1 fully saturated rings. The van der Waals surface area contributed by atoms with E-state index >= 15 is 0 Å². The molecular weight excluding hydrogens is 270 g/mol. The molecular formula is C15H23N3O3. The number of hydrogen-bond donors (Lipinski definition) is 3. The van der Waals surface area contributed by atoms with Gasteiger partial charge in [0.25, 0.3) is 5.91 Å². The van der Waals surface area contributed by atoms with E-state index in [0.29, 0.717) is 17.9 Å². The van der Waals surface area contributed by atoms with Gasteiger partial charge in [0, 0.05) is 25.4 Å². The summed E-state index contributed by atoms with van der Waals surface area (Å²) >= 11 is 0. The van der Waals surface area contributed by atoms with E-state index in [0.717, 1.165) is 18.5 Å². The van der Waals surface area contributed by atoms with Crippen LogP contribution in [0.1, 0.15) is 61.1 Å². The minimum absolute atomic E-state index is 0.0590. The lowest BCUT2D eigenvalue weighted by Crippen LogP contribution is -2.29. The maximum Gasteiger partial charge on any atom is 0.276 e. The number of hydrogen-bond acceptors (Lipinski definition) is 3. The van der Waals surface area contributed by atoms with E-state index in [1.54, 1.807) is 22.3 Å². The summed E-state index contributed by atoms with van der Waals surface area (Å²) in [6.45, 7) is 1.89. The van der Waals surface area contributed by atoms with Gasteiger partial charge in [0.2, 0.25) is 5.91 Å². The number of nitrogens with one attached hydrogen (secondary N) is 2. The highest BCUT2D eigenvalue weighted by atomic mass is 16.5. The lowest BCUT2D eigenvalue weighted by Gasteiger charge is -2.16. The number of aryl methyl sites for hydroxylation is 1. The first kappa shape index (κ1) is 15.6. The average Bonchev–Trinajstić information content (AvgIpc) is 3.07. The first-order valence-corrected chi connectivity index (χ1v) is 7.41. The Kier molecular flexibility index (Phi) is 5.01. The third kappa shape index (κ3) is 3.85. The molecule has 1 heterocycles. The number of amides is 2. The molecule has 0 saturated heterocycles. The van der Waals surface area contributed by atoms with Gasteiger partial charge in [0.15, 0.2) is 0 Å². The zero-order valence-corrected chi connectivity index (χ0v) is 12.6. The second kappa shape index (κ2) is 6.76. The van der Waals surface area contributed by atoms with Crippen LogP contribution in [0.3, 0.4) is 0 Å². The van der Waals surface area contributed by atoms with Crippen LogP contribution >= 0.6 is 0 Å². The summed E-state index contributed by atoms with van der Waals surface area (Å²) in [6.07, 6.45) is 6.95. The van der Waals surface area contributed by atoms with Crippen LogP contribution in [-0.4, -0.2) is 21.6 Å². The van der Waals surface area contributed by atoms with Gasteiger partial charge in [-0.3, -0.25) is 14.8 Å². The van der Waals surface area contributed by atoms with Crippen molar-refractivity contribution in [2.45, 2.75) is 45.1 Å². The molecule has 0 aliphatic heterocycles. The van der Waals surface area contributed by atoms with Crippen LogP contribution in [-0.2, 0) is 11.8 Å². The molecule has 0 aromatic carbocycles. The average molecular weight is 293 g/mol. The fraction of sp³-hybridized carbons (Fsp3) is 0.600. The van der Waals surface area contributed by atoms with Crippen molar-refractivity contribution in [1.82, 2.24) is 15.4 Å². The minimum Gasteiger partial charge on any atom is -0.352 e. The monoisotopic (exact) mass is 293 g/mol. The lowest BCUT2D eigenvalue weighted by atomic mass is 10.0.